The Bertz CT molecular complexity index is 558. The highest BCUT2D eigenvalue weighted by Gasteiger charge is 2.17. The summed E-state index contributed by atoms with van der Waals surface area (Å²) in [5, 5.41) is 7.50. The van der Waals surface area contributed by atoms with Gasteiger partial charge in [0.25, 0.3) is 5.91 Å². The highest BCUT2D eigenvalue weighted by molar-refractivity contribution is 7.89. The summed E-state index contributed by atoms with van der Waals surface area (Å²) in [4.78, 5) is 11.1. The fourth-order valence-electron chi connectivity index (χ4n) is 1.54. The van der Waals surface area contributed by atoms with Crippen molar-refractivity contribution in [2.75, 3.05) is 6.54 Å². The number of benzene rings is 1. The number of primary sulfonamides is 1. The molecule has 1 amide bonds. The Morgan fingerprint density at radius 1 is 1.37 bits per heavy atom. The van der Waals surface area contributed by atoms with Gasteiger partial charge in [0.15, 0.2) is 0 Å². The molecular weight excluding hydrogens is 271 g/mol. The summed E-state index contributed by atoms with van der Waals surface area (Å²) in [5.41, 5.74) is 0.0712. The number of unbranched alkanes of at least 4 members (excludes halogenated alkanes) is 2. The highest BCUT2D eigenvalue weighted by atomic mass is 32.2. The molecule has 5 nitrogen and oxygen atoms in total. The number of nitrogens with two attached hydrogens (primary N) is 1. The Morgan fingerprint density at radius 2 is 2.05 bits per heavy atom. The molecular formula is C12H17FN2O3S. The van der Waals surface area contributed by atoms with Gasteiger partial charge < -0.3 is 5.32 Å². The molecule has 0 saturated carbocycles. The zero-order valence-electron chi connectivity index (χ0n) is 10.6. The molecule has 0 heterocycles. The van der Waals surface area contributed by atoms with Gasteiger partial charge in [-0.2, -0.15) is 0 Å². The fraction of sp³-hybridized carbons (Fsp3) is 0.417. The van der Waals surface area contributed by atoms with Crippen LogP contribution in [0, 0.1) is 5.82 Å². The minimum atomic E-state index is -4.17. The van der Waals surface area contributed by atoms with Crippen molar-refractivity contribution in [3.8, 4) is 0 Å². The lowest BCUT2D eigenvalue weighted by Gasteiger charge is -2.06. The molecule has 0 aromatic heterocycles. The molecule has 19 heavy (non-hydrogen) atoms. The minimum Gasteiger partial charge on any atom is -0.352 e. The van der Waals surface area contributed by atoms with Gasteiger partial charge >= 0.3 is 0 Å². The van der Waals surface area contributed by atoms with Crippen LogP contribution in [0.1, 0.15) is 36.5 Å². The molecule has 0 bridgehead atoms. The summed E-state index contributed by atoms with van der Waals surface area (Å²) in [5.74, 6) is -1.41. The third-order valence-electron chi connectivity index (χ3n) is 2.57. The number of rotatable bonds is 6. The summed E-state index contributed by atoms with van der Waals surface area (Å²) in [6.07, 6.45) is 2.86. The molecule has 0 aliphatic heterocycles. The first kappa shape index (κ1) is 15.6. The monoisotopic (exact) mass is 288 g/mol. The van der Waals surface area contributed by atoms with Gasteiger partial charge in [0.05, 0.1) is 0 Å². The zero-order valence-corrected chi connectivity index (χ0v) is 11.5. The second kappa shape index (κ2) is 6.63. The van der Waals surface area contributed by atoms with Crippen LogP contribution in [0.2, 0.25) is 0 Å². The van der Waals surface area contributed by atoms with Crippen molar-refractivity contribution in [2.24, 2.45) is 5.14 Å². The van der Waals surface area contributed by atoms with E-state index >= 15 is 0 Å². The van der Waals surface area contributed by atoms with Crippen LogP contribution >= 0.6 is 0 Å². The number of nitrogens with one attached hydrogen (secondary N) is 1. The maximum atomic E-state index is 13.3. The van der Waals surface area contributed by atoms with Crippen LogP contribution in [0.3, 0.4) is 0 Å². The lowest BCUT2D eigenvalue weighted by molar-refractivity contribution is 0.0952. The average molecular weight is 288 g/mol. The van der Waals surface area contributed by atoms with E-state index in [1.807, 2.05) is 6.92 Å². The normalized spacial score (nSPS) is 11.3. The molecule has 106 valence electrons. The number of hydrogen-bond acceptors (Lipinski definition) is 3. The predicted octanol–water partition coefficient (Wildman–Crippen LogP) is 1.39. The number of carbonyl (C=O) groups is 1. The predicted molar refractivity (Wildman–Crippen MR) is 69.6 cm³/mol. The molecule has 1 aromatic rings. The molecule has 0 aliphatic rings. The highest BCUT2D eigenvalue weighted by Crippen LogP contribution is 2.14. The molecule has 1 aromatic carbocycles. The standard InChI is InChI=1S/C12H17FN2O3S/c1-2-3-4-7-15-12(16)9-5-6-10(13)11(8-9)19(14,17)18/h5-6,8H,2-4,7H2,1H3,(H,15,16)(H2,14,17,18). The largest absolute Gasteiger partial charge is 0.352 e. The zero-order chi connectivity index (χ0) is 14.5. The van der Waals surface area contributed by atoms with E-state index in [0.717, 1.165) is 31.4 Å². The second-order valence-corrected chi connectivity index (χ2v) is 5.68. The number of carbonyl (C=O) groups excluding carboxylic acids is 1. The molecule has 7 heteroatoms. The molecule has 0 atom stereocenters. The molecule has 0 spiro atoms. The first-order chi connectivity index (χ1) is 8.86. The molecule has 0 radical (unpaired) electrons. The Hall–Kier alpha value is -1.47. The van der Waals surface area contributed by atoms with E-state index in [4.69, 9.17) is 5.14 Å². The SMILES string of the molecule is CCCCCNC(=O)c1ccc(F)c(S(N)(=O)=O)c1. The van der Waals surface area contributed by atoms with Crippen molar-refractivity contribution in [3.63, 3.8) is 0 Å². The molecule has 0 aliphatic carbocycles. The first-order valence-corrected chi connectivity index (χ1v) is 7.51. The van der Waals surface area contributed by atoms with E-state index in [1.165, 1.54) is 6.07 Å². The van der Waals surface area contributed by atoms with E-state index in [-0.39, 0.29) is 5.56 Å². The minimum absolute atomic E-state index is 0.0712. The van der Waals surface area contributed by atoms with Crippen molar-refractivity contribution < 1.29 is 17.6 Å². The lowest BCUT2D eigenvalue weighted by atomic mass is 10.2. The van der Waals surface area contributed by atoms with Gasteiger partial charge in [-0.1, -0.05) is 19.8 Å². The third-order valence-corrected chi connectivity index (χ3v) is 3.49. The van der Waals surface area contributed by atoms with Gasteiger partial charge in [0.1, 0.15) is 10.7 Å². The number of amides is 1. The van der Waals surface area contributed by atoms with E-state index in [9.17, 15) is 17.6 Å². The van der Waals surface area contributed by atoms with Crippen molar-refractivity contribution >= 4 is 15.9 Å². The average Bonchev–Trinajstić information content (AvgIpc) is 2.33. The number of halogens is 1. The van der Waals surface area contributed by atoms with Gasteiger partial charge in [-0.05, 0) is 24.6 Å². The van der Waals surface area contributed by atoms with Crippen molar-refractivity contribution in [2.45, 2.75) is 31.1 Å². The smallest absolute Gasteiger partial charge is 0.251 e. The molecule has 3 N–H and O–H groups in total. The fourth-order valence-corrected chi connectivity index (χ4v) is 2.17. The van der Waals surface area contributed by atoms with Crippen LogP contribution in [0.25, 0.3) is 0 Å². The van der Waals surface area contributed by atoms with Gasteiger partial charge in [-0.15, -0.1) is 0 Å². The Kier molecular flexibility index (Phi) is 5.44. The van der Waals surface area contributed by atoms with Gasteiger partial charge in [0.2, 0.25) is 10.0 Å². The molecule has 0 saturated heterocycles. The van der Waals surface area contributed by atoms with E-state index < -0.39 is 26.6 Å². The molecule has 1 rings (SSSR count). The number of hydrogen-bond donors (Lipinski definition) is 2. The van der Waals surface area contributed by atoms with Crippen LogP contribution in [0.5, 0.6) is 0 Å². The summed E-state index contributed by atoms with van der Waals surface area (Å²) in [6.45, 7) is 2.54. The van der Waals surface area contributed by atoms with E-state index in [2.05, 4.69) is 5.32 Å². The number of sulfonamides is 1. The molecule has 0 fully saturated rings. The maximum absolute atomic E-state index is 13.3. The maximum Gasteiger partial charge on any atom is 0.251 e. The van der Waals surface area contributed by atoms with Crippen LogP contribution in [0.15, 0.2) is 23.1 Å². The van der Waals surface area contributed by atoms with Crippen LogP contribution < -0.4 is 10.5 Å². The Balaban J connectivity index is 2.82. The van der Waals surface area contributed by atoms with Crippen molar-refractivity contribution in [3.05, 3.63) is 29.6 Å². The lowest BCUT2D eigenvalue weighted by Crippen LogP contribution is -2.25. The Labute approximate surface area is 112 Å². The van der Waals surface area contributed by atoms with Crippen LogP contribution in [-0.2, 0) is 10.0 Å². The first-order valence-electron chi connectivity index (χ1n) is 5.96. The quantitative estimate of drug-likeness (QED) is 0.775. The van der Waals surface area contributed by atoms with Crippen molar-refractivity contribution in [1.29, 1.82) is 0 Å². The van der Waals surface area contributed by atoms with E-state index in [1.54, 1.807) is 0 Å². The Morgan fingerprint density at radius 3 is 2.63 bits per heavy atom. The summed E-state index contributed by atoms with van der Waals surface area (Å²) in [7, 11) is -4.17. The van der Waals surface area contributed by atoms with E-state index in [0.29, 0.717) is 6.54 Å². The summed E-state index contributed by atoms with van der Waals surface area (Å²) < 4.78 is 35.6. The van der Waals surface area contributed by atoms with Gasteiger partial charge in [-0.3, -0.25) is 4.79 Å². The van der Waals surface area contributed by atoms with Crippen molar-refractivity contribution in [1.82, 2.24) is 5.32 Å². The van der Waals surface area contributed by atoms with Gasteiger partial charge in [-0.25, -0.2) is 17.9 Å². The molecule has 0 unspecified atom stereocenters. The summed E-state index contributed by atoms with van der Waals surface area (Å²) in [6, 6.07) is 3.08. The summed E-state index contributed by atoms with van der Waals surface area (Å²) >= 11 is 0. The topological polar surface area (TPSA) is 89.3 Å². The van der Waals surface area contributed by atoms with Crippen LogP contribution in [0.4, 0.5) is 4.39 Å². The van der Waals surface area contributed by atoms with Gasteiger partial charge in [0, 0.05) is 12.1 Å². The third kappa shape index (κ3) is 4.60. The second-order valence-electron chi connectivity index (χ2n) is 4.15. The van der Waals surface area contributed by atoms with Crippen LogP contribution in [-0.4, -0.2) is 20.9 Å².